The van der Waals surface area contributed by atoms with Crippen molar-refractivity contribution in [2.24, 2.45) is 0 Å². The van der Waals surface area contributed by atoms with E-state index >= 15 is 0 Å². The third-order valence-corrected chi connectivity index (χ3v) is 2.55. The molecule has 0 unspecified atom stereocenters. The first-order chi connectivity index (χ1) is 7.62. The molecule has 16 heavy (non-hydrogen) atoms. The number of hydrogen-bond donors (Lipinski definition) is 0. The summed E-state index contributed by atoms with van der Waals surface area (Å²) in [6.45, 7) is 6.18. The number of morpholine rings is 1. The topological polar surface area (TPSA) is 62.0 Å². The quantitative estimate of drug-likeness (QED) is 0.702. The van der Waals surface area contributed by atoms with E-state index in [1.54, 1.807) is 6.07 Å². The molecule has 2 rings (SSSR count). The second-order valence-electron chi connectivity index (χ2n) is 4.41. The SMILES string of the molecule is CC1(C)CN(c2nnccc2C#N)CCO1. The monoisotopic (exact) mass is 218 g/mol. The van der Waals surface area contributed by atoms with Crippen LogP contribution in [0.2, 0.25) is 0 Å². The number of nitrogens with zero attached hydrogens (tertiary/aromatic N) is 4. The average molecular weight is 218 g/mol. The predicted octanol–water partition coefficient (Wildman–Crippen LogP) is 0.963. The first-order valence-electron chi connectivity index (χ1n) is 5.23. The Bertz CT molecular complexity index is 424. The summed E-state index contributed by atoms with van der Waals surface area (Å²) in [5.41, 5.74) is 0.357. The minimum Gasteiger partial charge on any atom is -0.372 e. The molecule has 0 saturated carbocycles. The van der Waals surface area contributed by atoms with Crippen molar-refractivity contribution in [3.63, 3.8) is 0 Å². The molecule has 1 aromatic rings. The van der Waals surface area contributed by atoms with Crippen LogP contribution in [-0.4, -0.2) is 35.5 Å². The van der Waals surface area contributed by atoms with Gasteiger partial charge in [0, 0.05) is 13.1 Å². The van der Waals surface area contributed by atoms with E-state index < -0.39 is 0 Å². The zero-order valence-electron chi connectivity index (χ0n) is 9.47. The molecule has 0 N–H and O–H groups in total. The molecule has 2 heterocycles. The van der Waals surface area contributed by atoms with Gasteiger partial charge in [0.15, 0.2) is 5.82 Å². The third-order valence-electron chi connectivity index (χ3n) is 2.55. The zero-order chi connectivity index (χ0) is 11.6. The van der Waals surface area contributed by atoms with E-state index in [1.807, 2.05) is 13.8 Å². The molecular weight excluding hydrogens is 204 g/mol. The molecule has 0 aromatic carbocycles. The molecule has 0 bridgehead atoms. The summed E-state index contributed by atoms with van der Waals surface area (Å²) in [4.78, 5) is 2.05. The summed E-state index contributed by atoms with van der Waals surface area (Å²) in [5.74, 6) is 0.654. The smallest absolute Gasteiger partial charge is 0.169 e. The maximum atomic E-state index is 9.00. The van der Waals surface area contributed by atoms with Gasteiger partial charge in [-0.1, -0.05) is 0 Å². The Kier molecular flexibility index (Phi) is 2.75. The molecule has 84 valence electrons. The molecule has 5 heteroatoms. The molecule has 0 radical (unpaired) electrons. The molecule has 1 aromatic heterocycles. The van der Waals surface area contributed by atoms with E-state index in [2.05, 4.69) is 21.2 Å². The van der Waals surface area contributed by atoms with Gasteiger partial charge in [0.1, 0.15) is 6.07 Å². The summed E-state index contributed by atoms with van der Waals surface area (Å²) in [5, 5.41) is 16.9. The van der Waals surface area contributed by atoms with Crippen LogP contribution in [0, 0.1) is 11.3 Å². The van der Waals surface area contributed by atoms with E-state index in [0.29, 0.717) is 18.0 Å². The molecule has 1 aliphatic heterocycles. The van der Waals surface area contributed by atoms with Crippen molar-refractivity contribution in [3.05, 3.63) is 17.8 Å². The lowest BCUT2D eigenvalue weighted by molar-refractivity contribution is -0.0279. The maximum Gasteiger partial charge on any atom is 0.169 e. The number of rotatable bonds is 1. The summed E-state index contributed by atoms with van der Waals surface area (Å²) in [7, 11) is 0. The molecule has 5 nitrogen and oxygen atoms in total. The highest BCUT2D eigenvalue weighted by atomic mass is 16.5. The van der Waals surface area contributed by atoms with Crippen molar-refractivity contribution in [3.8, 4) is 6.07 Å². The molecule has 0 aliphatic carbocycles. The van der Waals surface area contributed by atoms with Crippen LogP contribution in [0.5, 0.6) is 0 Å². The van der Waals surface area contributed by atoms with Crippen molar-refractivity contribution in [1.82, 2.24) is 10.2 Å². The summed E-state index contributed by atoms with van der Waals surface area (Å²) in [6.07, 6.45) is 1.54. The van der Waals surface area contributed by atoms with Crippen LogP contribution < -0.4 is 4.90 Å². The van der Waals surface area contributed by atoms with Crippen LogP contribution >= 0.6 is 0 Å². The van der Waals surface area contributed by atoms with Crippen LogP contribution in [0.4, 0.5) is 5.82 Å². The minimum atomic E-state index is -0.206. The van der Waals surface area contributed by atoms with Crippen LogP contribution in [0.1, 0.15) is 19.4 Å². The van der Waals surface area contributed by atoms with Gasteiger partial charge < -0.3 is 9.64 Å². The first kappa shape index (κ1) is 10.8. The normalized spacial score (nSPS) is 19.2. The van der Waals surface area contributed by atoms with E-state index in [9.17, 15) is 0 Å². The molecule has 0 amide bonds. The van der Waals surface area contributed by atoms with Gasteiger partial charge in [-0.05, 0) is 19.9 Å². The Morgan fingerprint density at radius 2 is 2.38 bits per heavy atom. The van der Waals surface area contributed by atoms with Crippen molar-refractivity contribution in [1.29, 1.82) is 5.26 Å². The fourth-order valence-corrected chi connectivity index (χ4v) is 1.84. The highest BCUT2D eigenvalue weighted by molar-refractivity contribution is 5.52. The summed E-state index contributed by atoms with van der Waals surface area (Å²) < 4.78 is 5.62. The molecule has 0 atom stereocenters. The number of ether oxygens (including phenoxy) is 1. The Balaban J connectivity index is 2.27. The third kappa shape index (κ3) is 2.12. The fraction of sp³-hybridized carbons (Fsp3) is 0.545. The van der Waals surface area contributed by atoms with Gasteiger partial charge in [0.2, 0.25) is 0 Å². The highest BCUT2D eigenvalue weighted by Crippen LogP contribution is 2.23. The van der Waals surface area contributed by atoms with E-state index in [1.165, 1.54) is 6.20 Å². The molecule has 0 spiro atoms. The van der Waals surface area contributed by atoms with E-state index in [0.717, 1.165) is 13.1 Å². The van der Waals surface area contributed by atoms with Gasteiger partial charge >= 0.3 is 0 Å². The highest BCUT2D eigenvalue weighted by Gasteiger charge is 2.29. The largest absolute Gasteiger partial charge is 0.372 e. The van der Waals surface area contributed by atoms with E-state index in [4.69, 9.17) is 10.00 Å². The fourth-order valence-electron chi connectivity index (χ4n) is 1.84. The van der Waals surface area contributed by atoms with Crippen molar-refractivity contribution in [2.75, 3.05) is 24.6 Å². The van der Waals surface area contributed by atoms with Crippen LogP contribution in [0.15, 0.2) is 12.3 Å². The minimum absolute atomic E-state index is 0.206. The van der Waals surface area contributed by atoms with Crippen LogP contribution in [0.3, 0.4) is 0 Å². The van der Waals surface area contributed by atoms with Gasteiger partial charge in [-0.3, -0.25) is 0 Å². The van der Waals surface area contributed by atoms with Gasteiger partial charge in [0.05, 0.1) is 24.0 Å². The van der Waals surface area contributed by atoms with Crippen LogP contribution in [-0.2, 0) is 4.74 Å². The van der Waals surface area contributed by atoms with Gasteiger partial charge in [-0.15, -0.1) is 5.10 Å². The summed E-state index contributed by atoms with van der Waals surface area (Å²) >= 11 is 0. The van der Waals surface area contributed by atoms with Crippen molar-refractivity contribution >= 4 is 5.82 Å². The Labute approximate surface area is 94.7 Å². The number of hydrogen-bond acceptors (Lipinski definition) is 5. The lowest BCUT2D eigenvalue weighted by Gasteiger charge is -2.38. The second-order valence-corrected chi connectivity index (χ2v) is 4.41. The van der Waals surface area contributed by atoms with Crippen molar-refractivity contribution in [2.45, 2.75) is 19.4 Å². The first-order valence-corrected chi connectivity index (χ1v) is 5.23. The molecule has 1 fully saturated rings. The van der Waals surface area contributed by atoms with Gasteiger partial charge in [0.25, 0.3) is 0 Å². The predicted molar refractivity (Wildman–Crippen MR) is 59.0 cm³/mol. The summed E-state index contributed by atoms with van der Waals surface area (Å²) in [6, 6.07) is 3.82. The number of aromatic nitrogens is 2. The maximum absolute atomic E-state index is 9.00. The van der Waals surface area contributed by atoms with Crippen molar-refractivity contribution < 1.29 is 4.74 Å². The zero-order valence-corrected chi connectivity index (χ0v) is 9.47. The Hall–Kier alpha value is -1.67. The van der Waals surface area contributed by atoms with E-state index in [-0.39, 0.29) is 5.60 Å². The standard InChI is InChI=1S/C11H14N4O/c1-11(2)8-15(5-6-16-11)10-9(7-12)3-4-13-14-10/h3-4H,5-6,8H2,1-2H3. The van der Waals surface area contributed by atoms with Crippen LogP contribution in [0.25, 0.3) is 0 Å². The van der Waals surface area contributed by atoms with Gasteiger partial charge in [-0.25, -0.2) is 0 Å². The lowest BCUT2D eigenvalue weighted by Crippen LogP contribution is -2.49. The Morgan fingerprint density at radius 1 is 1.56 bits per heavy atom. The van der Waals surface area contributed by atoms with Gasteiger partial charge in [-0.2, -0.15) is 10.4 Å². The molecular formula is C11H14N4O. The molecule has 1 saturated heterocycles. The number of nitriles is 1. The lowest BCUT2D eigenvalue weighted by atomic mass is 10.1. The average Bonchev–Trinajstić information content (AvgIpc) is 2.27. The Morgan fingerprint density at radius 3 is 3.06 bits per heavy atom. The number of anilines is 1. The second kappa shape index (κ2) is 4.06. The molecule has 1 aliphatic rings.